The topological polar surface area (TPSA) is 76.0 Å². The van der Waals surface area contributed by atoms with Gasteiger partial charge in [-0.15, -0.1) is 0 Å². The van der Waals surface area contributed by atoms with Crippen molar-refractivity contribution >= 4 is 17.5 Å². The van der Waals surface area contributed by atoms with E-state index >= 15 is 0 Å². The summed E-state index contributed by atoms with van der Waals surface area (Å²) in [5, 5.41) is 9.38. The van der Waals surface area contributed by atoms with Crippen LogP contribution in [0.4, 0.5) is 5.69 Å². The zero-order valence-electron chi connectivity index (χ0n) is 13.2. The Labute approximate surface area is 129 Å². The smallest absolute Gasteiger partial charge is 0.272 e. The van der Waals surface area contributed by atoms with Gasteiger partial charge in [0.2, 0.25) is 5.91 Å². The first-order valence-corrected chi connectivity index (χ1v) is 7.03. The lowest BCUT2D eigenvalue weighted by molar-refractivity contribution is -0.115. The number of carbonyl (C=O) groups is 2. The van der Waals surface area contributed by atoms with Gasteiger partial charge in [0.25, 0.3) is 5.91 Å². The van der Waals surface area contributed by atoms with Crippen LogP contribution in [0, 0.1) is 20.8 Å². The molecular formula is C16H20N4O2. The van der Waals surface area contributed by atoms with Gasteiger partial charge < -0.3 is 10.6 Å². The molecule has 0 atom stereocenters. The summed E-state index contributed by atoms with van der Waals surface area (Å²) in [6.45, 7) is 5.75. The first-order chi connectivity index (χ1) is 10.4. The van der Waals surface area contributed by atoms with Crippen LogP contribution in [0.1, 0.15) is 27.3 Å². The van der Waals surface area contributed by atoms with E-state index in [2.05, 4.69) is 15.7 Å². The van der Waals surface area contributed by atoms with Crippen molar-refractivity contribution in [3.8, 4) is 0 Å². The number of amides is 2. The third-order valence-corrected chi connectivity index (χ3v) is 3.55. The highest BCUT2D eigenvalue weighted by Crippen LogP contribution is 2.13. The van der Waals surface area contributed by atoms with Gasteiger partial charge in [-0.3, -0.25) is 14.3 Å². The second kappa shape index (κ2) is 6.43. The van der Waals surface area contributed by atoms with Crippen LogP contribution in [-0.2, 0) is 11.8 Å². The molecule has 6 nitrogen and oxygen atoms in total. The first kappa shape index (κ1) is 15.8. The van der Waals surface area contributed by atoms with Crippen LogP contribution < -0.4 is 10.6 Å². The molecule has 2 amide bonds. The summed E-state index contributed by atoms with van der Waals surface area (Å²) in [5.74, 6) is -0.636. The van der Waals surface area contributed by atoms with E-state index in [4.69, 9.17) is 0 Å². The van der Waals surface area contributed by atoms with Gasteiger partial charge in [0, 0.05) is 18.4 Å². The molecule has 22 heavy (non-hydrogen) atoms. The van der Waals surface area contributed by atoms with Crippen LogP contribution in [-0.4, -0.2) is 28.1 Å². The molecular weight excluding hydrogens is 280 g/mol. The quantitative estimate of drug-likeness (QED) is 0.902. The Hall–Kier alpha value is -2.63. The van der Waals surface area contributed by atoms with Crippen LogP contribution in [0.15, 0.2) is 24.3 Å². The fraction of sp³-hybridized carbons (Fsp3) is 0.312. The Morgan fingerprint density at radius 3 is 2.45 bits per heavy atom. The van der Waals surface area contributed by atoms with Crippen molar-refractivity contribution in [2.75, 3.05) is 11.9 Å². The van der Waals surface area contributed by atoms with Crippen molar-refractivity contribution in [1.29, 1.82) is 0 Å². The Bertz CT molecular complexity index is 699. The lowest BCUT2D eigenvalue weighted by Crippen LogP contribution is -2.33. The van der Waals surface area contributed by atoms with Gasteiger partial charge in [0.05, 0.1) is 6.54 Å². The van der Waals surface area contributed by atoms with Gasteiger partial charge in [-0.05, 0) is 50.1 Å². The molecule has 0 aliphatic carbocycles. The minimum absolute atomic E-state index is 0.0959. The normalized spacial score (nSPS) is 10.4. The number of nitrogens with one attached hydrogen (secondary N) is 2. The molecule has 1 aromatic heterocycles. The average Bonchev–Trinajstić information content (AvgIpc) is 2.80. The van der Waals surface area contributed by atoms with Crippen molar-refractivity contribution in [3.05, 3.63) is 46.8 Å². The predicted molar refractivity (Wildman–Crippen MR) is 84.8 cm³/mol. The summed E-state index contributed by atoms with van der Waals surface area (Å²) in [4.78, 5) is 23.8. The summed E-state index contributed by atoms with van der Waals surface area (Å²) in [6, 6.07) is 7.36. The van der Waals surface area contributed by atoms with Crippen LogP contribution >= 0.6 is 0 Å². The monoisotopic (exact) mass is 300 g/mol. The number of rotatable bonds is 4. The largest absolute Gasteiger partial charge is 0.342 e. The minimum atomic E-state index is -0.362. The summed E-state index contributed by atoms with van der Waals surface area (Å²) in [7, 11) is 1.76. The summed E-state index contributed by atoms with van der Waals surface area (Å²) < 4.78 is 1.62. The highest BCUT2D eigenvalue weighted by atomic mass is 16.2. The molecule has 2 N–H and O–H groups in total. The summed E-state index contributed by atoms with van der Waals surface area (Å²) in [5.41, 5.74) is 4.17. The van der Waals surface area contributed by atoms with Crippen molar-refractivity contribution < 1.29 is 9.59 Å². The Kier molecular flexibility index (Phi) is 4.60. The van der Waals surface area contributed by atoms with Crippen LogP contribution in [0.25, 0.3) is 0 Å². The minimum Gasteiger partial charge on any atom is -0.342 e. The van der Waals surface area contributed by atoms with Gasteiger partial charge in [-0.2, -0.15) is 5.10 Å². The van der Waals surface area contributed by atoms with E-state index < -0.39 is 0 Å². The van der Waals surface area contributed by atoms with Crippen LogP contribution in [0.2, 0.25) is 0 Å². The highest BCUT2D eigenvalue weighted by Gasteiger charge is 2.12. The molecule has 0 unspecified atom stereocenters. The summed E-state index contributed by atoms with van der Waals surface area (Å²) in [6.07, 6.45) is 0. The fourth-order valence-corrected chi connectivity index (χ4v) is 1.95. The molecule has 1 aromatic carbocycles. The number of nitrogens with zero attached hydrogens (tertiary/aromatic N) is 2. The number of hydrogen-bond acceptors (Lipinski definition) is 3. The van der Waals surface area contributed by atoms with Crippen LogP contribution in [0.5, 0.6) is 0 Å². The molecule has 0 radical (unpaired) electrons. The molecule has 0 saturated carbocycles. The molecule has 2 aromatic rings. The molecule has 0 bridgehead atoms. The summed E-state index contributed by atoms with van der Waals surface area (Å²) >= 11 is 0. The van der Waals surface area contributed by atoms with Crippen molar-refractivity contribution in [3.63, 3.8) is 0 Å². The van der Waals surface area contributed by atoms with Gasteiger partial charge in [-0.25, -0.2) is 0 Å². The zero-order valence-corrected chi connectivity index (χ0v) is 13.2. The standard InChI is InChI=1S/C16H20N4O2/c1-10-5-6-13(7-11(10)2)18-15(21)9-17-16(22)14-8-12(3)20(4)19-14/h5-8H,9H2,1-4H3,(H,17,22)(H,18,21). The second-order valence-corrected chi connectivity index (χ2v) is 5.32. The highest BCUT2D eigenvalue weighted by molar-refractivity contribution is 5.98. The maximum Gasteiger partial charge on any atom is 0.272 e. The van der Waals surface area contributed by atoms with E-state index in [9.17, 15) is 9.59 Å². The Morgan fingerprint density at radius 1 is 1.14 bits per heavy atom. The molecule has 0 saturated heterocycles. The third-order valence-electron chi connectivity index (χ3n) is 3.55. The fourth-order valence-electron chi connectivity index (χ4n) is 1.95. The first-order valence-electron chi connectivity index (χ1n) is 7.03. The molecule has 0 spiro atoms. The molecule has 0 aliphatic rings. The molecule has 0 fully saturated rings. The van der Waals surface area contributed by atoms with E-state index in [0.717, 1.165) is 22.5 Å². The maximum absolute atomic E-state index is 11.9. The number of aromatic nitrogens is 2. The van der Waals surface area contributed by atoms with Gasteiger partial charge in [0.15, 0.2) is 0 Å². The lowest BCUT2D eigenvalue weighted by Gasteiger charge is -2.08. The molecule has 2 rings (SSSR count). The van der Waals surface area contributed by atoms with Crippen molar-refractivity contribution in [1.82, 2.24) is 15.1 Å². The van der Waals surface area contributed by atoms with Crippen LogP contribution in [0.3, 0.4) is 0 Å². The van der Waals surface area contributed by atoms with Gasteiger partial charge in [0.1, 0.15) is 5.69 Å². The molecule has 116 valence electrons. The second-order valence-electron chi connectivity index (χ2n) is 5.32. The number of aryl methyl sites for hydroxylation is 4. The Morgan fingerprint density at radius 2 is 1.86 bits per heavy atom. The molecule has 6 heteroatoms. The third kappa shape index (κ3) is 3.72. The SMILES string of the molecule is Cc1ccc(NC(=O)CNC(=O)c2cc(C)n(C)n2)cc1C. The zero-order chi connectivity index (χ0) is 16.3. The molecule has 1 heterocycles. The lowest BCUT2D eigenvalue weighted by atomic mass is 10.1. The van der Waals surface area contributed by atoms with E-state index in [-0.39, 0.29) is 18.4 Å². The van der Waals surface area contributed by atoms with E-state index in [1.165, 1.54) is 0 Å². The average molecular weight is 300 g/mol. The predicted octanol–water partition coefficient (Wildman–Crippen LogP) is 1.71. The molecule has 0 aliphatic heterocycles. The number of carbonyl (C=O) groups excluding carboxylic acids is 2. The van der Waals surface area contributed by atoms with E-state index in [1.54, 1.807) is 17.8 Å². The van der Waals surface area contributed by atoms with Gasteiger partial charge >= 0.3 is 0 Å². The number of hydrogen-bond donors (Lipinski definition) is 2. The number of anilines is 1. The van der Waals surface area contributed by atoms with E-state index in [0.29, 0.717) is 5.69 Å². The maximum atomic E-state index is 11.9. The Balaban J connectivity index is 1.89. The van der Waals surface area contributed by atoms with Crippen molar-refractivity contribution in [2.45, 2.75) is 20.8 Å². The number of benzene rings is 1. The van der Waals surface area contributed by atoms with Crippen molar-refractivity contribution in [2.24, 2.45) is 7.05 Å². The van der Waals surface area contributed by atoms with Gasteiger partial charge in [-0.1, -0.05) is 6.07 Å². The van der Waals surface area contributed by atoms with E-state index in [1.807, 2.05) is 39.0 Å².